The highest BCUT2D eigenvalue weighted by Gasteiger charge is 2.01. The molecule has 0 aromatic heterocycles. The van der Waals surface area contributed by atoms with Crippen molar-refractivity contribution in [3.05, 3.63) is 41.5 Å². The fraction of sp³-hybridized carbons (Fsp3) is 0.357. The minimum absolute atomic E-state index is 0.283. The van der Waals surface area contributed by atoms with Crippen LogP contribution in [-0.2, 0) is 16.0 Å². The van der Waals surface area contributed by atoms with Crippen molar-refractivity contribution in [1.82, 2.24) is 0 Å². The topological polar surface area (TPSA) is 38.3 Å². The number of hydrogen-bond acceptors (Lipinski definition) is 3. The molecular formula is C14H19NO2. The highest BCUT2D eigenvalue weighted by molar-refractivity contribution is 5.87. The van der Waals surface area contributed by atoms with E-state index in [1.165, 1.54) is 12.7 Å². The van der Waals surface area contributed by atoms with Crippen LogP contribution in [0.25, 0.3) is 0 Å². The third kappa shape index (κ3) is 4.31. The molecular weight excluding hydrogens is 214 g/mol. The second kappa shape index (κ2) is 6.74. The van der Waals surface area contributed by atoms with Gasteiger partial charge >= 0.3 is 5.97 Å². The maximum absolute atomic E-state index is 11.1. The van der Waals surface area contributed by atoms with Gasteiger partial charge in [-0.15, -0.1) is 0 Å². The summed E-state index contributed by atoms with van der Waals surface area (Å²) in [7, 11) is 1.39. The lowest BCUT2D eigenvalue weighted by atomic mass is 10.1. The summed E-state index contributed by atoms with van der Waals surface area (Å²) < 4.78 is 4.62. The molecule has 0 spiro atoms. The summed E-state index contributed by atoms with van der Waals surface area (Å²) in [6.45, 7) is 4.49. The third-order valence-corrected chi connectivity index (χ3v) is 2.56. The number of anilines is 1. The second-order valence-electron chi connectivity index (χ2n) is 3.81. The number of hydrogen-bond donors (Lipinski definition) is 1. The van der Waals surface area contributed by atoms with Crippen molar-refractivity contribution in [2.45, 2.75) is 20.3 Å². The Hall–Kier alpha value is -1.77. The zero-order chi connectivity index (χ0) is 12.7. The van der Waals surface area contributed by atoms with Gasteiger partial charge < -0.3 is 10.1 Å². The van der Waals surface area contributed by atoms with Crippen molar-refractivity contribution in [1.29, 1.82) is 0 Å². The van der Waals surface area contributed by atoms with Crippen LogP contribution in [0.1, 0.15) is 19.4 Å². The normalized spacial score (nSPS) is 11.1. The van der Waals surface area contributed by atoms with Crippen molar-refractivity contribution in [2.24, 2.45) is 0 Å². The molecule has 0 aliphatic heterocycles. The van der Waals surface area contributed by atoms with Crippen molar-refractivity contribution in [3.8, 4) is 0 Å². The molecule has 0 radical (unpaired) electrons. The first kappa shape index (κ1) is 13.3. The number of methoxy groups -OCH3 is 1. The molecule has 0 heterocycles. The van der Waals surface area contributed by atoms with Gasteiger partial charge in [0.2, 0.25) is 0 Å². The van der Waals surface area contributed by atoms with Crippen LogP contribution < -0.4 is 5.32 Å². The molecule has 0 saturated carbocycles. The minimum Gasteiger partial charge on any atom is -0.466 e. The molecule has 0 atom stereocenters. The van der Waals surface area contributed by atoms with Crippen LogP contribution in [0.2, 0.25) is 0 Å². The quantitative estimate of drug-likeness (QED) is 0.627. The minimum atomic E-state index is -0.283. The first-order chi connectivity index (χ1) is 8.17. The van der Waals surface area contributed by atoms with E-state index < -0.39 is 0 Å². The largest absolute Gasteiger partial charge is 0.466 e. The monoisotopic (exact) mass is 233 g/mol. The summed E-state index contributed by atoms with van der Waals surface area (Å²) in [4.78, 5) is 11.1. The van der Waals surface area contributed by atoms with E-state index in [0.29, 0.717) is 12.1 Å². The average Bonchev–Trinajstić information content (AvgIpc) is 2.37. The molecule has 17 heavy (non-hydrogen) atoms. The van der Waals surface area contributed by atoms with Gasteiger partial charge in [0.1, 0.15) is 0 Å². The Morgan fingerprint density at radius 2 is 2.24 bits per heavy atom. The van der Waals surface area contributed by atoms with Crippen molar-refractivity contribution >= 4 is 11.7 Å². The van der Waals surface area contributed by atoms with Crippen molar-refractivity contribution in [2.75, 3.05) is 19.0 Å². The Morgan fingerprint density at radius 1 is 1.47 bits per heavy atom. The molecule has 1 rings (SSSR count). The van der Waals surface area contributed by atoms with Crippen molar-refractivity contribution < 1.29 is 9.53 Å². The maximum atomic E-state index is 11.1. The lowest BCUT2D eigenvalue weighted by Gasteiger charge is -2.06. The predicted molar refractivity (Wildman–Crippen MR) is 70.1 cm³/mol. The molecule has 3 heteroatoms. The Balaban J connectivity index is 2.53. The molecule has 1 N–H and O–H groups in total. The van der Waals surface area contributed by atoms with E-state index >= 15 is 0 Å². The molecule has 0 amide bonds. The van der Waals surface area contributed by atoms with Gasteiger partial charge in [0.25, 0.3) is 0 Å². The van der Waals surface area contributed by atoms with Gasteiger partial charge in [-0.1, -0.05) is 25.1 Å². The summed E-state index contributed by atoms with van der Waals surface area (Å²) >= 11 is 0. The van der Waals surface area contributed by atoms with Crippen LogP contribution in [0, 0.1) is 0 Å². The van der Waals surface area contributed by atoms with E-state index in [1.54, 1.807) is 6.92 Å². The standard InChI is InChI=1S/C14H19NO2/c1-4-12-6-5-7-13(10-12)15-9-8-11(2)14(16)17-3/h5-8,10,15H,4,9H2,1-3H3/b11-8-. The average molecular weight is 233 g/mol. The molecule has 0 bridgehead atoms. The van der Waals surface area contributed by atoms with E-state index in [0.717, 1.165) is 12.1 Å². The first-order valence-corrected chi connectivity index (χ1v) is 5.75. The van der Waals surface area contributed by atoms with Crippen LogP contribution >= 0.6 is 0 Å². The Bertz CT molecular complexity index is 410. The number of esters is 1. The first-order valence-electron chi connectivity index (χ1n) is 5.75. The molecule has 0 aliphatic rings. The van der Waals surface area contributed by atoms with Gasteiger partial charge in [0.05, 0.1) is 7.11 Å². The number of nitrogens with one attached hydrogen (secondary N) is 1. The third-order valence-electron chi connectivity index (χ3n) is 2.56. The van der Waals surface area contributed by atoms with Crippen LogP contribution in [0.3, 0.4) is 0 Å². The Labute approximate surface area is 102 Å². The lowest BCUT2D eigenvalue weighted by Crippen LogP contribution is -2.05. The molecule has 1 aromatic rings. The summed E-state index contributed by atoms with van der Waals surface area (Å²) in [5.74, 6) is -0.283. The zero-order valence-electron chi connectivity index (χ0n) is 10.6. The number of aryl methyl sites for hydroxylation is 1. The van der Waals surface area contributed by atoms with Gasteiger partial charge in [-0.05, 0) is 31.0 Å². The Morgan fingerprint density at radius 3 is 2.88 bits per heavy atom. The SMILES string of the molecule is CCc1cccc(NC/C=C(/C)C(=O)OC)c1. The molecule has 0 unspecified atom stereocenters. The van der Waals surface area contributed by atoms with Gasteiger partial charge in [0, 0.05) is 17.8 Å². The number of rotatable bonds is 5. The van der Waals surface area contributed by atoms with Gasteiger partial charge in [-0.3, -0.25) is 0 Å². The predicted octanol–water partition coefficient (Wildman–Crippen LogP) is 2.78. The van der Waals surface area contributed by atoms with Crippen molar-refractivity contribution in [3.63, 3.8) is 0 Å². The van der Waals surface area contributed by atoms with Gasteiger partial charge in [-0.2, -0.15) is 0 Å². The summed E-state index contributed by atoms with van der Waals surface area (Å²) in [5.41, 5.74) is 2.98. The van der Waals surface area contributed by atoms with E-state index in [9.17, 15) is 4.79 Å². The highest BCUT2D eigenvalue weighted by Crippen LogP contribution is 2.10. The molecule has 0 saturated heterocycles. The summed E-state index contributed by atoms with van der Waals surface area (Å²) in [6.07, 6.45) is 2.84. The van der Waals surface area contributed by atoms with Crippen LogP contribution in [0.5, 0.6) is 0 Å². The van der Waals surface area contributed by atoms with Crippen LogP contribution in [0.15, 0.2) is 35.9 Å². The lowest BCUT2D eigenvalue weighted by molar-refractivity contribution is -0.136. The highest BCUT2D eigenvalue weighted by atomic mass is 16.5. The second-order valence-corrected chi connectivity index (χ2v) is 3.81. The Kier molecular flexibility index (Phi) is 5.27. The van der Waals surface area contributed by atoms with E-state index in [2.05, 4.69) is 29.1 Å². The van der Waals surface area contributed by atoms with E-state index in [4.69, 9.17) is 0 Å². The summed E-state index contributed by atoms with van der Waals surface area (Å²) in [5, 5.41) is 3.25. The zero-order valence-corrected chi connectivity index (χ0v) is 10.6. The molecule has 92 valence electrons. The number of carbonyl (C=O) groups is 1. The molecule has 0 aliphatic carbocycles. The maximum Gasteiger partial charge on any atom is 0.333 e. The molecule has 1 aromatic carbocycles. The number of carbonyl (C=O) groups excluding carboxylic acids is 1. The van der Waals surface area contributed by atoms with E-state index in [-0.39, 0.29) is 5.97 Å². The van der Waals surface area contributed by atoms with Gasteiger partial charge in [-0.25, -0.2) is 4.79 Å². The molecule has 3 nitrogen and oxygen atoms in total. The number of ether oxygens (including phenoxy) is 1. The number of benzene rings is 1. The van der Waals surface area contributed by atoms with Gasteiger partial charge in [0.15, 0.2) is 0 Å². The van der Waals surface area contributed by atoms with Crippen LogP contribution in [-0.4, -0.2) is 19.6 Å². The van der Waals surface area contributed by atoms with E-state index in [1.807, 2.05) is 18.2 Å². The fourth-order valence-corrected chi connectivity index (χ4v) is 1.47. The fourth-order valence-electron chi connectivity index (χ4n) is 1.47. The summed E-state index contributed by atoms with van der Waals surface area (Å²) in [6, 6.07) is 8.25. The molecule has 0 fully saturated rings. The smallest absolute Gasteiger partial charge is 0.333 e. The van der Waals surface area contributed by atoms with Crippen LogP contribution in [0.4, 0.5) is 5.69 Å².